The average molecular weight is 292 g/mol. The number of hydrogen-bond donors (Lipinski definition) is 3. The highest BCUT2D eigenvalue weighted by Gasteiger charge is 2.57. The van der Waals surface area contributed by atoms with Crippen LogP contribution in [0.25, 0.3) is 0 Å². The van der Waals surface area contributed by atoms with E-state index in [1.165, 1.54) is 0 Å². The van der Waals surface area contributed by atoms with Crippen molar-refractivity contribution in [3.63, 3.8) is 0 Å². The van der Waals surface area contributed by atoms with Crippen LogP contribution in [-0.2, 0) is 5.41 Å². The lowest BCUT2D eigenvalue weighted by Gasteiger charge is -2.19. The minimum Gasteiger partial charge on any atom is -0.465 e. The van der Waals surface area contributed by atoms with Crippen LogP contribution in [0.3, 0.4) is 0 Å². The standard InChI is InChI=1S/C12H12ClF2NO3/c13-7-1-2-8(14)9(10(7)15)12(3-6(12)4-17)5-16-11(18)19/h1-2,6,16-17H,3-5H2,(H,18,19)/t6-,12-/m0/s1. The fraction of sp³-hybridized carbons (Fsp3) is 0.417. The summed E-state index contributed by atoms with van der Waals surface area (Å²) < 4.78 is 27.8. The third kappa shape index (κ3) is 2.37. The molecule has 1 saturated carbocycles. The first-order valence-electron chi connectivity index (χ1n) is 5.64. The Morgan fingerprint density at radius 3 is 2.74 bits per heavy atom. The van der Waals surface area contributed by atoms with Gasteiger partial charge in [-0.25, -0.2) is 13.6 Å². The number of nitrogens with one attached hydrogen (secondary N) is 1. The highest BCUT2D eigenvalue weighted by Crippen LogP contribution is 2.55. The van der Waals surface area contributed by atoms with Gasteiger partial charge >= 0.3 is 6.09 Å². The van der Waals surface area contributed by atoms with Crippen LogP contribution in [-0.4, -0.2) is 29.5 Å². The first-order valence-corrected chi connectivity index (χ1v) is 6.02. The first-order chi connectivity index (χ1) is 8.92. The minimum atomic E-state index is -1.29. The van der Waals surface area contributed by atoms with Gasteiger partial charge in [-0.3, -0.25) is 0 Å². The second-order valence-corrected chi connectivity index (χ2v) is 5.02. The lowest BCUT2D eigenvalue weighted by atomic mass is 9.92. The molecule has 104 valence electrons. The van der Waals surface area contributed by atoms with Crippen LogP contribution >= 0.6 is 11.6 Å². The zero-order chi connectivity index (χ0) is 14.2. The van der Waals surface area contributed by atoms with E-state index in [4.69, 9.17) is 21.8 Å². The molecule has 0 spiro atoms. The normalized spacial score (nSPS) is 25.2. The van der Waals surface area contributed by atoms with Gasteiger partial charge in [0.25, 0.3) is 0 Å². The van der Waals surface area contributed by atoms with Gasteiger partial charge in [-0.2, -0.15) is 0 Å². The van der Waals surface area contributed by atoms with Crippen LogP contribution < -0.4 is 5.32 Å². The number of rotatable bonds is 4. The molecule has 1 aliphatic rings. The zero-order valence-electron chi connectivity index (χ0n) is 9.79. The van der Waals surface area contributed by atoms with E-state index >= 15 is 0 Å². The highest BCUT2D eigenvalue weighted by molar-refractivity contribution is 6.30. The summed E-state index contributed by atoms with van der Waals surface area (Å²) in [7, 11) is 0. The van der Waals surface area contributed by atoms with Crippen molar-refractivity contribution in [1.29, 1.82) is 0 Å². The van der Waals surface area contributed by atoms with Crippen molar-refractivity contribution < 1.29 is 23.8 Å². The summed E-state index contributed by atoms with van der Waals surface area (Å²) in [6.45, 7) is -0.436. The number of hydrogen-bond acceptors (Lipinski definition) is 2. The number of aliphatic hydroxyl groups is 1. The van der Waals surface area contributed by atoms with E-state index in [2.05, 4.69) is 5.32 Å². The van der Waals surface area contributed by atoms with Gasteiger partial charge in [0.2, 0.25) is 0 Å². The fourth-order valence-corrected chi connectivity index (χ4v) is 2.61. The maximum absolute atomic E-state index is 14.0. The van der Waals surface area contributed by atoms with Crippen LogP contribution in [0.2, 0.25) is 5.02 Å². The van der Waals surface area contributed by atoms with Crippen molar-refractivity contribution in [1.82, 2.24) is 5.32 Å². The predicted molar refractivity (Wildman–Crippen MR) is 64.3 cm³/mol. The number of benzene rings is 1. The first kappa shape index (κ1) is 14.0. The van der Waals surface area contributed by atoms with E-state index in [0.29, 0.717) is 6.42 Å². The molecule has 1 amide bonds. The Labute approximate surface area is 113 Å². The number of amides is 1. The molecule has 19 heavy (non-hydrogen) atoms. The number of carboxylic acid groups (broad SMARTS) is 1. The molecule has 1 aliphatic carbocycles. The third-order valence-electron chi connectivity index (χ3n) is 3.55. The molecule has 0 unspecified atom stereocenters. The lowest BCUT2D eigenvalue weighted by molar-refractivity contribution is 0.191. The van der Waals surface area contributed by atoms with Crippen LogP contribution in [0.5, 0.6) is 0 Å². The van der Waals surface area contributed by atoms with Gasteiger partial charge in [0.1, 0.15) is 11.6 Å². The topological polar surface area (TPSA) is 69.6 Å². The van der Waals surface area contributed by atoms with Gasteiger partial charge in [0, 0.05) is 24.1 Å². The number of carbonyl (C=O) groups is 1. The van der Waals surface area contributed by atoms with Gasteiger partial charge in [-0.15, -0.1) is 0 Å². The number of halogens is 3. The summed E-state index contributed by atoms with van der Waals surface area (Å²) in [5, 5.41) is 19.7. The summed E-state index contributed by atoms with van der Waals surface area (Å²) in [4.78, 5) is 10.5. The second-order valence-electron chi connectivity index (χ2n) is 4.62. The van der Waals surface area contributed by atoms with E-state index in [1.807, 2.05) is 0 Å². The van der Waals surface area contributed by atoms with Gasteiger partial charge < -0.3 is 15.5 Å². The van der Waals surface area contributed by atoms with Gasteiger partial charge in [-0.1, -0.05) is 11.6 Å². The largest absolute Gasteiger partial charge is 0.465 e. The third-order valence-corrected chi connectivity index (χ3v) is 3.84. The van der Waals surface area contributed by atoms with Crippen molar-refractivity contribution in [2.24, 2.45) is 5.92 Å². The summed E-state index contributed by atoms with van der Waals surface area (Å²) in [5.41, 5.74) is -1.32. The summed E-state index contributed by atoms with van der Waals surface area (Å²) >= 11 is 5.63. The fourth-order valence-electron chi connectivity index (χ4n) is 2.45. The number of aliphatic hydroxyl groups excluding tert-OH is 1. The quantitative estimate of drug-likeness (QED) is 0.744. The van der Waals surface area contributed by atoms with E-state index in [0.717, 1.165) is 12.1 Å². The van der Waals surface area contributed by atoms with Crippen molar-refractivity contribution in [3.05, 3.63) is 34.4 Å². The molecule has 4 nitrogen and oxygen atoms in total. The molecule has 1 aromatic carbocycles. The van der Waals surface area contributed by atoms with Crippen molar-refractivity contribution in [2.75, 3.05) is 13.2 Å². The van der Waals surface area contributed by atoms with E-state index < -0.39 is 23.1 Å². The maximum atomic E-state index is 14.0. The van der Waals surface area contributed by atoms with Gasteiger partial charge in [0.05, 0.1) is 5.02 Å². The molecule has 7 heteroatoms. The molecule has 0 aliphatic heterocycles. The highest BCUT2D eigenvalue weighted by atomic mass is 35.5. The molecule has 0 saturated heterocycles. The molecular formula is C12H12ClF2NO3. The Kier molecular flexibility index (Phi) is 3.64. The van der Waals surface area contributed by atoms with Crippen LogP contribution in [0.15, 0.2) is 12.1 Å². The molecule has 0 bridgehead atoms. The SMILES string of the molecule is O=C(O)NC[C@@]1(c2c(F)ccc(Cl)c2F)C[C@H]1CO. The Balaban J connectivity index is 2.41. The molecule has 3 N–H and O–H groups in total. The monoisotopic (exact) mass is 291 g/mol. The Morgan fingerprint density at radius 1 is 1.53 bits per heavy atom. The lowest BCUT2D eigenvalue weighted by Crippen LogP contribution is -2.34. The molecule has 1 aromatic rings. The Bertz CT molecular complexity index is 526. The van der Waals surface area contributed by atoms with E-state index in [9.17, 15) is 13.6 Å². The van der Waals surface area contributed by atoms with Crippen LogP contribution in [0.4, 0.5) is 13.6 Å². The molecule has 2 rings (SSSR count). The van der Waals surface area contributed by atoms with Crippen LogP contribution in [0, 0.1) is 17.6 Å². The van der Waals surface area contributed by atoms with Gasteiger partial charge in [-0.05, 0) is 24.5 Å². The minimum absolute atomic E-state index is 0.165. The molecule has 2 atom stereocenters. The van der Waals surface area contributed by atoms with Gasteiger partial charge in [0.15, 0.2) is 0 Å². The molecule has 1 fully saturated rings. The molecule has 0 heterocycles. The summed E-state index contributed by atoms with van der Waals surface area (Å²) in [5.74, 6) is -2.07. The van der Waals surface area contributed by atoms with Crippen molar-refractivity contribution in [3.8, 4) is 0 Å². The summed E-state index contributed by atoms with van der Waals surface area (Å²) in [6.07, 6.45) is -0.983. The Morgan fingerprint density at radius 2 is 2.21 bits per heavy atom. The Hall–Kier alpha value is -1.40. The second kappa shape index (κ2) is 4.94. The molecule has 0 radical (unpaired) electrons. The summed E-state index contributed by atoms with van der Waals surface area (Å²) in [6, 6.07) is 2.14. The smallest absolute Gasteiger partial charge is 0.404 e. The molecule has 0 aromatic heterocycles. The average Bonchev–Trinajstić information content (AvgIpc) is 3.07. The van der Waals surface area contributed by atoms with Crippen molar-refractivity contribution in [2.45, 2.75) is 11.8 Å². The zero-order valence-corrected chi connectivity index (χ0v) is 10.5. The predicted octanol–water partition coefficient (Wildman–Crippen LogP) is 2.14. The van der Waals surface area contributed by atoms with E-state index in [1.54, 1.807) is 0 Å². The van der Waals surface area contributed by atoms with Crippen LogP contribution in [0.1, 0.15) is 12.0 Å². The maximum Gasteiger partial charge on any atom is 0.404 e. The van der Waals surface area contributed by atoms with E-state index in [-0.39, 0.29) is 29.7 Å². The van der Waals surface area contributed by atoms with Crippen molar-refractivity contribution >= 4 is 17.7 Å². The molecular weight excluding hydrogens is 280 g/mol.